The van der Waals surface area contributed by atoms with Gasteiger partial charge >= 0.3 is 18.2 Å². The normalized spacial score (nSPS) is 13.1. The summed E-state index contributed by atoms with van der Waals surface area (Å²) in [7, 11) is 0. The third-order valence-electron chi connectivity index (χ3n) is 4.13. The first-order valence-electron chi connectivity index (χ1n) is 11.3. The van der Waals surface area contributed by atoms with Crippen LogP contribution in [0.25, 0.3) is 0 Å². The highest BCUT2D eigenvalue weighted by molar-refractivity contribution is 5.88. The maximum Gasteiger partial charge on any atom is 0.407 e. The fourth-order valence-corrected chi connectivity index (χ4v) is 2.69. The number of nitrogens with one attached hydrogen (secondary N) is 4. The fourth-order valence-electron chi connectivity index (χ4n) is 2.69. The first-order valence-corrected chi connectivity index (χ1v) is 11.3. The zero-order chi connectivity index (χ0) is 26.4. The van der Waals surface area contributed by atoms with E-state index in [0.29, 0.717) is 32.2 Å². The Bertz CT molecular complexity index is 685. The standard InChI is InChI=1S/C22H40N4O8/c1-21(2,3)33-19(31)23-12-8-7-10-16(18(29)30)26-17(28)15(25-14-27)11-9-13-24-20(32)34-22(4,5)6/h14-16H,7-13H2,1-6H3,(H,23,31)(H,24,32)(H,25,27)(H,26,28)(H,29,30)/t15?,16-/m0/s1. The van der Waals surface area contributed by atoms with Crippen molar-refractivity contribution in [1.29, 1.82) is 0 Å². The van der Waals surface area contributed by atoms with Crippen LogP contribution >= 0.6 is 0 Å². The van der Waals surface area contributed by atoms with Crippen molar-refractivity contribution in [3.05, 3.63) is 0 Å². The maximum atomic E-state index is 12.5. The van der Waals surface area contributed by atoms with Crippen molar-refractivity contribution in [2.75, 3.05) is 13.1 Å². The van der Waals surface area contributed by atoms with Crippen LogP contribution in [0.4, 0.5) is 9.59 Å². The summed E-state index contributed by atoms with van der Waals surface area (Å²) in [6.07, 6.45) is 0.820. The summed E-state index contributed by atoms with van der Waals surface area (Å²) in [5.74, 6) is -1.84. The van der Waals surface area contributed by atoms with E-state index in [0.717, 1.165) is 0 Å². The molecule has 2 atom stereocenters. The number of carboxylic acids is 1. The molecule has 0 radical (unpaired) electrons. The van der Waals surface area contributed by atoms with E-state index in [2.05, 4.69) is 21.3 Å². The summed E-state index contributed by atoms with van der Waals surface area (Å²) in [6.45, 7) is 11.0. The molecule has 0 bridgehead atoms. The molecule has 5 N–H and O–H groups in total. The lowest BCUT2D eigenvalue weighted by Crippen LogP contribution is -2.50. The van der Waals surface area contributed by atoms with Gasteiger partial charge in [0.1, 0.15) is 23.3 Å². The van der Waals surface area contributed by atoms with E-state index in [1.807, 2.05) is 0 Å². The molecule has 0 aromatic carbocycles. The molecule has 1 unspecified atom stereocenters. The molecule has 0 aromatic rings. The van der Waals surface area contributed by atoms with E-state index in [1.54, 1.807) is 41.5 Å². The van der Waals surface area contributed by atoms with Gasteiger partial charge in [0, 0.05) is 13.1 Å². The molecule has 0 aliphatic carbocycles. The zero-order valence-electron chi connectivity index (χ0n) is 21.0. The SMILES string of the molecule is CC(C)(C)OC(=O)NCCCC[C@H](NC(=O)C(CCCNC(=O)OC(C)(C)C)NC=O)C(=O)O. The molecule has 0 saturated heterocycles. The molecule has 0 rings (SSSR count). The molecule has 12 heteroatoms. The molecule has 12 nitrogen and oxygen atoms in total. The Morgan fingerprint density at radius 2 is 1.26 bits per heavy atom. The van der Waals surface area contributed by atoms with Gasteiger partial charge in [-0.25, -0.2) is 14.4 Å². The van der Waals surface area contributed by atoms with E-state index in [-0.39, 0.29) is 19.4 Å². The summed E-state index contributed by atoms with van der Waals surface area (Å²) >= 11 is 0. The second kappa shape index (κ2) is 15.0. The number of aliphatic carboxylic acids is 1. The van der Waals surface area contributed by atoms with Crippen molar-refractivity contribution in [2.45, 2.75) is 96.9 Å². The van der Waals surface area contributed by atoms with Crippen molar-refractivity contribution in [3.8, 4) is 0 Å². The number of rotatable bonds is 14. The van der Waals surface area contributed by atoms with Gasteiger partial charge in [0.05, 0.1) is 0 Å². The number of amides is 4. The zero-order valence-corrected chi connectivity index (χ0v) is 21.0. The molecule has 4 amide bonds. The second-order valence-corrected chi connectivity index (χ2v) is 9.73. The van der Waals surface area contributed by atoms with Gasteiger partial charge in [0.2, 0.25) is 12.3 Å². The summed E-state index contributed by atoms with van der Waals surface area (Å²) in [5.41, 5.74) is -1.25. The number of carbonyl (C=O) groups is 5. The molecule has 0 aliphatic rings. The number of carbonyl (C=O) groups excluding carboxylic acids is 4. The average Bonchev–Trinajstić information content (AvgIpc) is 2.66. The van der Waals surface area contributed by atoms with Crippen LogP contribution < -0.4 is 21.3 Å². The maximum absolute atomic E-state index is 12.5. The number of ether oxygens (including phenoxy) is 2. The van der Waals surface area contributed by atoms with E-state index in [4.69, 9.17) is 9.47 Å². The molecule has 0 saturated carbocycles. The molecule has 0 aliphatic heterocycles. The van der Waals surface area contributed by atoms with Crippen molar-refractivity contribution >= 4 is 30.5 Å². The Labute approximate surface area is 200 Å². The lowest BCUT2D eigenvalue weighted by Gasteiger charge is -2.21. The highest BCUT2D eigenvalue weighted by Crippen LogP contribution is 2.08. The average molecular weight is 489 g/mol. The van der Waals surface area contributed by atoms with Crippen LogP contribution in [-0.2, 0) is 23.9 Å². The highest BCUT2D eigenvalue weighted by Gasteiger charge is 2.25. The Morgan fingerprint density at radius 3 is 1.71 bits per heavy atom. The fraction of sp³-hybridized carbons (Fsp3) is 0.773. The van der Waals surface area contributed by atoms with Crippen LogP contribution in [0, 0.1) is 0 Å². The van der Waals surface area contributed by atoms with Crippen LogP contribution in [-0.4, -0.2) is 72.0 Å². The Morgan fingerprint density at radius 1 is 0.794 bits per heavy atom. The summed E-state index contributed by atoms with van der Waals surface area (Å²) in [5, 5.41) is 19.4. The predicted octanol–water partition coefficient (Wildman–Crippen LogP) is 1.67. The van der Waals surface area contributed by atoms with Crippen molar-refractivity contribution in [3.63, 3.8) is 0 Å². The van der Waals surface area contributed by atoms with Gasteiger partial charge in [-0.15, -0.1) is 0 Å². The van der Waals surface area contributed by atoms with Gasteiger partial charge in [-0.05, 0) is 73.6 Å². The predicted molar refractivity (Wildman–Crippen MR) is 124 cm³/mol. The van der Waals surface area contributed by atoms with Crippen molar-refractivity contribution < 1.29 is 38.6 Å². The molecular formula is C22H40N4O8. The topological polar surface area (TPSA) is 172 Å². The minimum atomic E-state index is -1.20. The quantitative estimate of drug-likeness (QED) is 0.181. The highest BCUT2D eigenvalue weighted by atomic mass is 16.6. The number of alkyl carbamates (subject to hydrolysis) is 2. The van der Waals surface area contributed by atoms with E-state index >= 15 is 0 Å². The smallest absolute Gasteiger partial charge is 0.407 e. The number of hydrogen-bond acceptors (Lipinski definition) is 7. The summed E-state index contributed by atoms with van der Waals surface area (Å²) in [4.78, 5) is 58.2. The second-order valence-electron chi connectivity index (χ2n) is 9.73. The molecule has 0 heterocycles. The van der Waals surface area contributed by atoms with Gasteiger partial charge in [-0.2, -0.15) is 0 Å². The van der Waals surface area contributed by atoms with Gasteiger partial charge in [-0.1, -0.05) is 0 Å². The summed E-state index contributed by atoms with van der Waals surface area (Å²) in [6, 6.07) is -2.10. The van der Waals surface area contributed by atoms with Gasteiger partial charge < -0.3 is 35.8 Å². The molecule has 34 heavy (non-hydrogen) atoms. The third-order valence-corrected chi connectivity index (χ3v) is 4.13. The largest absolute Gasteiger partial charge is 0.480 e. The molecular weight excluding hydrogens is 448 g/mol. The van der Waals surface area contributed by atoms with Crippen LogP contribution in [0.2, 0.25) is 0 Å². The Balaban J connectivity index is 4.48. The van der Waals surface area contributed by atoms with Gasteiger partial charge in [-0.3, -0.25) is 9.59 Å². The lowest BCUT2D eigenvalue weighted by molar-refractivity contribution is -0.142. The van der Waals surface area contributed by atoms with E-state index in [9.17, 15) is 29.1 Å². The first kappa shape index (κ1) is 30.9. The number of hydrogen-bond donors (Lipinski definition) is 5. The Hall–Kier alpha value is -3.05. The van der Waals surface area contributed by atoms with Crippen molar-refractivity contribution in [2.24, 2.45) is 0 Å². The summed E-state index contributed by atoms with van der Waals surface area (Å²) < 4.78 is 10.2. The minimum Gasteiger partial charge on any atom is -0.480 e. The Kier molecular flexibility index (Phi) is 13.6. The van der Waals surface area contributed by atoms with Crippen LogP contribution in [0.3, 0.4) is 0 Å². The number of carboxylic acid groups (broad SMARTS) is 1. The molecule has 0 fully saturated rings. The minimum absolute atomic E-state index is 0.144. The van der Waals surface area contributed by atoms with Gasteiger partial charge in [0.15, 0.2) is 0 Å². The third kappa shape index (κ3) is 16.6. The van der Waals surface area contributed by atoms with E-state index < -0.39 is 47.3 Å². The van der Waals surface area contributed by atoms with Crippen LogP contribution in [0.1, 0.15) is 73.6 Å². The van der Waals surface area contributed by atoms with E-state index in [1.165, 1.54) is 0 Å². The first-order chi connectivity index (χ1) is 15.6. The van der Waals surface area contributed by atoms with Gasteiger partial charge in [0.25, 0.3) is 0 Å². The lowest BCUT2D eigenvalue weighted by atomic mass is 10.1. The van der Waals surface area contributed by atoms with Crippen molar-refractivity contribution in [1.82, 2.24) is 21.3 Å². The molecule has 196 valence electrons. The molecule has 0 spiro atoms. The monoisotopic (exact) mass is 488 g/mol. The van der Waals surface area contributed by atoms with Crippen LogP contribution in [0.5, 0.6) is 0 Å². The number of unbranched alkanes of at least 4 members (excludes halogenated alkanes) is 1. The van der Waals surface area contributed by atoms with Crippen LogP contribution in [0.15, 0.2) is 0 Å². The molecule has 0 aromatic heterocycles.